The van der Waals surface area contributed by atoms with E-state index in [0.29, 0.717) is 17.7 Å². The maximum absolute atomic E-state index is 7.80. The molecule has 4 heteroatoms. The van der Waals surface area contributed by atoms with E-state index in [0.717, 1.165) is 5.56 Å². The summed E-state index contributed by atoms with van der Waals surface area (Å²) in [6.07, 6.45) is 0.520. The molecule has 0 heterocycles. The van der Waals surface area contributed by atoms with Crippen LogP contribution in [0.4, 0.5) is 0 Å². The number of hydrogen-bond donors (Lipinski definition) is 4. The van der Waals surface area contributed by atoms with Crippen molar-refractivity contribution in [3.8, 4) is 0 Å². The Hall–Kier alpha value is -2.12. The average molecular weight is 212 g/mol. The molecule has 16 heavy (non-hydrogen) atoms. The normalized spacial score (nSPS) is 20.2. The standard InChI is InChI=1S/C12H12N4/c13-9-8(10(14)12(16)11(9)15)6-7-4-2-1-3-5-7/h2,4-5,11,13,16H,6,14-15H2/t11-/m0/s1. The molecule has 0 aliphatic heterocycles. The van der Waals surface area contributed by atoms with Crippen LogP contribution >= 0.6 is 0 Å². The van der Waals surface area contributed by atoms with Crippen molar-refractivity contribution in [2.75, 3.05) is 0 Å². The fourth-order valence-electron chi connectivity index (χ4n) is 1.69. The molecule has 0 saturated heterocycles. The van der Waals surface area contributed by atoms with Crippen molar-refractivity contribution >= 4 is 11.4 Å². The molecule has 4 nitrogen and oxygen atoms in total. The van der Waals surface area contributed by atoms with E-state index < -0.39 is 6.04 Å². The van der Waals surface area contributed by atoms with Crippen molar-refractivity contribution in [3.05, 3.63) is 47.2 Å². The van der Waals surface area contributed by atoms with Gasteiger partial charge in [0.15, 0.2) is 0 Å². The number of hydrogen-bond acceptors (Lipinski definition) is 4. The molecule has 0 fully saturated rings. The topological polar surface area (TPSA) is 99.7 Å². The van der Waals surface area contributed by atoms with E-state index in [-0.39, 0.29) is 11.4 Å². The number of nitrogens with one attached hydrogen (secondary N) is 2. The minimum Gasteiger partial charge on any atom is -0.397 e. The smallest absolute Gasteiger partial charge is 0.0910 e. The third-order valence-electron chi connectivity index (χ3n) is 2.66. The van der Waals surface area contributed by atoms with Gasteiger partial charge in [-0.15, -0.1) is 0 Å². The van der Waals surface area contributed by atoms with Crippen molar-refractivity contribution in [2.45, 2.75) is 12.5 Å². The van der Waals surface area contributed by atoms with Gasteiger partial charge in [0.25, 0.3) is 0 Å². The van der Waals surface area contributed by atoms with Crippen LogP contribution in [0.15, 0.2) is 29.5 Å². The zero-order valence-corrected chi connectivity index (χ0v) is 8.67. The summed E-state index contributed by atoms with van der Waals surface area (Å²) in [5.41, 5.74) is 13.8. The Bertz CT molecular complexity index is 473. The Balaban J connectivity index is 2.29. The molecule has 0 saturated carbocycles. The van der Waals surface area contributed by atoms with Gasteiger partial charge in [-0.1, -0.05) is 12.1 Å². The molecule has 0 bridgehead atoms. The highest BCUT2D eigenvalue weighted by Crippen LogP contribution is 2.19. The summed E-state index contributed by atoms with van der Waals surface area (Å²) in [7, 11) is 0. The monoisotopic (exact) mass is 212 g/mol. The van der Waals surface area contributed by atoms with Crippen LogP contribution in [-0.4, -0.2) is 17.5 Å². The van der Waals surface area contributed by atoms with Crippen molar-refractivity contribution in [1.29, 1.82) is 10.8 Å². The highest BCUT2D eigenvalue weighted by molar-refractivity contribution is 6.29. The zero-order valence-electron chi connectivity index (χ0n) is 8.67. The van der Waals surface area contributed by atoms with Crippen LogP contribution in [0, 0.1) is 23.0 Å². The summed E-state index contributed by atoms with van der Waals surface area (Å²) >= 11 is 0. The third-order valence-corrected chi connectivity index (χ3v) is 2.66. The van der Waals surface area contributed by atoms with Crippen LogP contribution in [0.5, 0.6) is 0 Å². The minimum absolute atomic E-state index is 0.145. The predicted molar refractivity (Wildman–Crippen MR) is 62.5 cm³/mol. The molecule has 6 N–H and O–H groups in total. The van der Waals surface area contributed by atoms with Gasteiger partial charge in [0.1, 0.15) is 0 Å². The maximum atomic E-state index is 7.80. The third kappa shape index (κ3) is 1.58. The first-order chi connectivity index (χ1) is 7.61. The molecular formula is C12H12N4. The molecule has 2 rings (SSSR count). The molecule has 0 spiro atoms. The molecule has 1 aromatic rings. The highest BCUT2D eigenvalue weighted by Gasteiger charge is 2.30. The van der Waals surface area contributed by atoms with Crippen molar-refractivity contribution in [2.24, 2.45) is 11.5 Å². The van der Waals surface area contributed by atoms with E-state index in [2.05, 4.69) is 12.1 Å². The minimum atomic E-state index is -0.672. The molecule has 1 aliphatic rings. The molecule has 1 aromatic carbocycles. The number of rotatable bonds is 2. The highest BCUT2D eigenvalue weighted by atomic mass is 14.8. The van der Waals surface area contributed by atoms with E-state index in [1.54, 1.807) is 12.1 Å². The molecule has 80 valence electrons. The van der Waals surface area contributed by atoms with E-state index >= 15 is 0 Å². The zero-order chi connectivity index (χ0) is 11.7. The van der Waals surface area contributed by atoms with Crippen LogP contribution in [-0.2, 0) is 6.42 Å². The van der Waals surface area contributed by atoms with Gasteiger partial charge >= 0.3 is 0 Å². The van der Waals surface area contributed by atoms with Gasteiger partial charge in [0, 0.05) is 12.0 Å². The Morgan fingerprint density at radius 2 is 2.00 bits per heavy atom. The molecular weight excluding hydrogens is 200 g/mol. The van der Waals surface area contributed by atoms with E-state index in [4.69, 9.17) is 22.3 Å². The van der Waals surface area contributed by atoms with E-state index in [1.165, 1.54) is 0 Å². The van der Waals surface area contributed by atoms with Gasteiger partial charge < -0.3 is 22.3 Å². The van der Waals surface area contributed by atoms with E-state index in [9.17, 15) is 0 Å². The molecule has 0 amide bonds. The summed E-state index contributed by atoms with van der Waals surface area (Å²) in [6, 6.07) is 10.4. The van der Waals surface area contributed by atoms with Gasteiger partial charge in [0.2, 0.25) is 0 Å². The van der Waals surface area contributed by atoms with E-state index in [1.807, 2.05) is 6.07 Å². The summed E-state index contributed by atoms with van der Waals surface area (Å²) < 4.78 is 0. The molecule has 0 unspecified atom stereocenters. The second kappa shape index (κ2) is 3.80. The largest absolute Gasteiger partial charge is 0.397 e. The number of nitrogens with two attached hydrogens (primary N) is 2. The fraction of sp³-hybridized carbons (Fsp3) is 0.167. The van der Waals surface area contributed by atoms with Gasteiger partial charge in [-0.2, -0.15) is 0 Å². The Kier molecular flexibility index (Phi) is 2.47. The van der Waals surface area contributed by atoms with Gasteiger partial charge in [0.05, 0.1) is 23.2 Å². The second-order valence-corrected chi connectivity index (χ2v) is 3.72. The summed E-state index contributed by atoms with van der Waals surface area (Å²) in [6.45, 7) is 0. The first-order valence-electron chi connectivity index (χ1n) is 4.89. The quantitative estimate of drug-likeness (QED) is 0.571. The Labute approximate surface area is 94.0 Å². The summed E-state index contributed by atoms with van der Waals surface area (Å²) in [5, 5.41) is 15.4. The molecule has 0 aromatic heterocycles. The Morgan fingerprint density at radius 1 is 1.25 bits per heavy atom. The SMILES string of the molecule is N=C1C(N)=C(Cc2cc#ccc2)C(=N)[C@@H]1N. The van der Waals surface area contributed by atoms with Crippen LogP contribution in [0.3, 0.4) is 0 Å². The van der Waals surface area contributed by atoms with Crippen LogP contribution < -0.4 is 11.5 Å². The lowest BCUT2D eigenvalue weighted by atomic mass is 10.0. The fourth-order valence-corrected chi connectivity index (χ4v) is 1.69. The maximum Gasteiger partial charge on any atom is 0.0910 e. The lowest BCUT2D eigenvalue weighted by Crippen LogP contribution is -2.34. The first kappa shape index (κ1) is 10.4. The van der Waals surface area contributed by atoms with Crippen molar-refractivity contribution in [1.82, 2.24) is 0 Å². The molecule has 1 atom stereocenters. The first-order valence-corrected chi connectivity index (χ1v) is 4.89. The van der Waals surface area contributed by atoms with Gasteiger partial charge in [-0.05, 0) is 23.8 Å². The lowest BCUT2D eigenvalue weighted by Gasteiger charge is -2.05. The predicted octanol–water partition coefficient (Wildman–Crippen LogP) is 0.423. The van der Waals surface area contributed by atoms with Crippen LogP contribution in [0.25, 0.3) is 0 Å². The van der Waals surface area contributed by atoms with Crippen LogP contribution in [0.2, 0.25) is 0 Å². The van der Waals surface area contributed by atoms with Crippen molar-refractivity contribution < 1.29 is 0 Å². The Morgan fingerprint density at radius 3 is 2.50 bits per heavy atom. The second-order valence-electron chi connectivity index (χ2n) is 3.72. The average Bonchev–Trinajstić information content (AvgIpc) is 2.48. The van der Waals surface area contributed by atoms with Crippen molar-refractivity contribution in [3.63, 3.8) is 0 Å². The lowest BCUT2D eigenvalue weighted by molar-refractivity contribution is 1.10. The van der Waals surface area contributed by atoms with Gasteiger partial charge in [-0.3, -0.25) is 0 Å². The summed E-state index contributed by atoms with van der Waals surface area (Å²) in [5.74, 6) is 0. The summed E-state index contributed by atoms with van der Waals surface area (Å²) in [4.78, 5) is 0. The molecule has 0 radical (unpaired) electrons. The molecule has 1 aliphatic carbocycles. The van der Waals surface area contributed by atoms with Gasteiger partial charge in [-0.25, -0.2) is 0 Å². The van der Waals surface area contributed by atoms with Crippen LogP contribution in [0.1, 0.15) is 5.56 Å².